The van der Waals surface area contributed by atoms with Crippen LogP contribution in [0.2, 0.25) is 0 Å². The summed E-state index contributed by atoms with van der Waals surface area (Å²) in [6.07, 6.45) is 0.919. The lowest BCUT2D eigenvalue weighted by molar-refractivity contribution is 0.0562. The van der Waals surface area contributed by atoms with Gasteiger partial charge in [-0.25, -0.2) is 4.79 Å². The zero-order valence-corrected chi connectivity index (χ0v) is 9.37. The molecular weight excluding hydrogens is 194 g/mol. The van der Waals surface area contributed by atoms with E-state index < -0.39 is 5.97 Å². The number of furan rings is 1. The lowest BCUT2D eigenvalue weighted by Crippen LogP contribution is -2.19. The zero-order chi connectivity index (χ0) is 11.3. The molecule has 1 rings (SSSR count). The molecule has 84 valence electrons. The van der Waals surface area contributed by atoms with E-state index in [2.05, 4.69) is 17.0 Å². The smallest absolute Gasteiger partial charge is 0.373 e. The summed E-state index contributed by atoms with van der Waals surface area (Å²) in [5.41, 5.74) is 0. The van der Waals surface area contributed by atoms with Crippen molar-refractivity contribution in [2.45, 2.75) is 26.3 Å². The molecule has 1 aromatic heterocycles. The minimum absolute atomic E-state index is 0.161. The Morgan fingerprint density at radius 2 is 2.27 bits per heavy atom. The quantitative estimate of drug-likeness (QED) is 0.758. The van der Waals surface area contributed by atoms with E-state index in [-0.39, 0.29) is 11.8 Å². The number of rotatable bonds is 5. The largest absolute Gasteiger partial charge is 0.463 e. The van der Waals surface area contributed by atoms with Crippen LogP contribution in [0.5, 0.6) is 0 Å². The molecule has 1 N–H and O–H groups in total. The van der Waals surface area contributed by atoms with Crippen LogP contribution in [0, 0.1) is 0 Å². The Morgan fingerprint density at radius 3 is 2.80 bits per heavy atom. The first-order valence-electron chi connectivity index (χ1n) is 5.14. The van der Waals surface area contributed by atoms with Crippen molar-refractivity contribution >= 4 is 5.97 Å². The van der Waals surface area contributed by atoms with Crippen LogP contribution in [0.4, 0.5) is 0 Å². The predicted octanol–water partition coefficient (Wildman–Crippen LogP) is 2.13. The Bertz CT molecular complexity index is 319. The summed E-state index contributed by atoms with van der Waals surface area (Å²) in [7, 11) is 1.34. The van der Waals surface area contributed by atoms with Crippen LogP contribution < -0.4 is 5.32 Å². The second-order valence-electron chi connectivity index (χ2n) is 3.21. The minimum atomic E-state index is -0.437. The molecule has 0 aliphatic carbocycles. The summed E-state index contributed by atoms with van der Waals surface area (Å²) in [6, 6.07) is 3.61. The van der Waals surface area contributed by atoms with Gasteiger partial charge in [-0.3, -0.25) is 0 Å². The lowest BCUT2D eigenvalue weighted by Gasteiger charge is -2.12. The normalized spacial score (nSPS) is 12.5. The topological polar surface area (TPSA) is 51.5 Å². The van der Waals surface area contributed by atoms with Crippen LogP contribution in [-0.4, -0.2) is 19.6 Å². The molecule has 0 fully saturated rings. The van der Waals surface area contributed by atoms with Gasteiger partial charge in [-0.15, -0.1) is 0 Å². The first-order chi connectivity index (χ1) is 7.22. The van der Waals surface area contributed by atoms with Gasteiger partial charge in [0.2, 0.25) is 5.76 Å². The number of carbonyl (C=O) groups is 1. The first kappa shape index (κ1) is 11.8. The molecule has 0 spiro atoms. The fourth-order valence-electron chi connectivity index (χ4n) is 1.44. The SMILES string of the molecule is CCNC(CC)c1ccc(C(=O)OC)o1. The van der Waals surface area contributed by atoms with E-state index >= 15 is 0 Å². The summed E-state index contributed by atoms with van der Waals surface area (Å²) in [5.74, 6) is 0.594. The standard InChI is InChI=1S/C11H17NO3/c1-4-8(12-5-2)9-6-7-10(15-9)11(13)14-3/h6-8,12H,4-5H2,1-3H3. The molecule has 0 aromatic carbocycles. The minimum Gasteiger partial charge on any atom is -0.463 e. The van der Waals surface area contributed by atoms with Gasteiger partial charge in [0.25, 0.3) is 0 Å². The average Bonchev–Trinajstić information content (AvgIpc) is 2.73. The number of methoxy groups -OCH3 is 1. The van der Waals surface area contributed by atoms with E-state index in [0.29, 0.717) is 0 Å². The van der Waals surface area contributed by atoms with Gasteiger partial charge < -0.3 is 14.5 Å². The highest BCUT2D eigenvalue weighted by Crippen LogP contribution is 2.19. The molecule has 0 aliphatic rings. The highest BCUT2D eigenvalue weighted by molar-refractivity contribution is 5.86. The Balaban J connectivity index is 2.77. The van der Waals surface area contributed by atoms with Gasteiger partial charge in [0, 0.05) is 0 Å². The van der Waals surface area contributed by atoms with Crippen molar-refractivity contribution in [2.24, 2.45) is 0 Å². The third-order valence-electron chi connectivity index (χ3n) is 2.22. The van der Waals surface area contributed by atoms with Crippen LogP contribution in [0.3, 0.4) is 0 Å². The van der Waals surface area contributed by atoms with Gasteiger partial charge in [0.05, 0.1) is 13.2 Å². The van der Waals surface area contributed by atoms with Crippen molar-refractivity contribution in [3.63, 3.8) is 0 Å². The van der Waals surface area contributed by atoms with E-state index in [1.165, 1.54) is 7.11 Å². The Kier molecular flexibility index (Phi) is 4.37. The van der Waals surface area contributed by atoms with Crippen molar-refractivity contribution in [3.8, 4) is 0 Å². The molecular formula is C11H17NO3. The van der Waals surface area contributed by atoms with Crippen LogP contribution in [0.15, 0.2) is 16.5 Å². The van der Waals surface area contributed by atoms with Crippen LogP contribution in [-0.2, 0) is 4.74 Å². The number of nitrogens with one attached hydrogen (secondary N) is 1. The number of hydrogen-bond donors (Lipinski definition) is 1. The maximum Gasteiger partial charge on any atom is 0.373 e. The van der Waals surface area contributed by atoms with E-state index in [9.17, 15) is 4.79 Å². The number of ether oxygens (including phenoxy) is 1. The molecule has 4 nitrogen and oxygen atoms in total. The van der Waals surface area contributed by atoms with Gasteiger partial charge in [-0.1, -0.05) is 13.8 Å². The molecule has 4 heteroatoms. The first-order valence-corrected chi connectivity index (χ1v) is 5.14. The van der Waals surface area contributed by atoms with Gasteiger partial charge >= 0.3 is 5.97 Å². The molecule has 1 aromatic rings. The molecule has 1 heterocycles. The summed E-state index contributed by atoms with van der Waals surface area (Å²) >= 11 is 0. The van der Waals surface area contributed by atoms with Crippen LogP contribution in [0.1, 0.15) is 42.6 Å². The van der Waals surface area contributed by atoms with Crippen LogP contribution >= 0.6 is 0 Å². The molecule has 0 amide bonds. The van der Waals surface area contributed by atoms with Crippen molar-refractivity contribution < 1.29 is 13.9 Å². The summed E-state index contributed by atoms with van der Waals surface area (Å²) in [5, 5.41) is 3.27. The van der Waals surface area contributed by atoms with Crippen molar-refractivity contribution in [1.29, 1.82) is 0 Å². The molecule has 1 unspecified atom stereocenters. The maximum absolute atomic E-state index is 11.2. The second-order valence-corrected chi connectivity index (χ2v) is 3.21. The van der Waals surface area contributed by atoms with Gasteiger partial charge in [0.15, 0.2) is 0 Å². The molecule has 15 heavy (non-hydrogen) atoms. The Hall–Kier alpha value is -1.29. The lowest BCUT2D eigenvalue weighted by atomic mass is 10.2. The number of esters is 1. The summed E-state index contributed by atoms with van der Waals surface area (Å²) < 4.78 is 9.97. The predicted molar refractivity (Wildman–Crippen MR) is 56.8 cm³/mol. The zero-order valence-electron chi connectivity index (χ0n) is 9.37. The fraction of sp³-hybridized carbons (Fsp3) is 0.545. The molecule has 0 saturated carbocycles. The van der Waals surface area contributed by atoms with Gasteiger partial charge in [-0.05, 0) is 25.1 Å². The van der Waals surface area contributed by atoms with Crippen molar-refractivity contribution in [2.75, 3.05) is 13.7 Å². The fourth-order valence-corrected chi connectivity index (χ4v) is 1.44. The monoisotopic (exact) mass is 211 g/mol. The van der Waals surface area contributed by atoms with Crippen LogP contribution in [0.25, 0.3) is 0 Å². The second kappa shape index (κ2) is 5.56. The third-order valence-corrected chi connectivity index (χ3v) is 2.22. The molecule has 1 atom stereocenters. The number of hydrogen-bond acceptors (Lipinski definition) is 4. The molecule has 0 radical (unpaired) electrons. The van der Waals surface area contributed by atoms with E-state index in [1.54, 1.807) is 6.07 Å². The van der Waals surface area contributed by atoms with E-state index in [4.69, 9.17) is 4.42 Å². The summed E-state index contributed by atoms with van der Waals surface area (Å²) in [6.45, 7) is 4.97. The van der Waals surface area contributed by atoms with Gasteiger partial charge in [0.1, 0.15) is 5.76 Å². The number of carbonyl (C=O) groups excluding carboxylic acids is 1. The highest BCUT2D eigenvalue weighted by atomic mass is 16.5. The van der Waals surface area contributed by atoms with Crippen molar-refractivity contribution in [1.82, 2.24) is 5.32 Å². The average molecular weight is 211 g/mol. The van der Waals surface area contributed by atoms with E-state index in [1.807, 2.05) is 13.0 Å². The summed E-state index contributed by atoms with van der Waals surface area (Å²) in [4.78, 5) is 11.2. The maximum atomic E-state index is 11.2. The van der Waals surface area contributed by atoms with Crippen molar-refractivity contribution in [3.05, 3.63) is 23.7 Å². The van der Waals surface area contributed by atoms with Gasteiger partial charge in [-0.2, -0.15) is 0 Å². The Labute approximate surface area is 89.6 Å². The molecule has 0 saturated heterocycles. The third kappa shape index (κ3) is 2.83. The Morgan fingerprint density at radius 1 is 1.53 bits per heavy atom. The molecule has 0 aliphatic heterocycles. The van der Waals surface area contributed by atoms with E-state index in [0.717, 1.165) is 18.7 Å². The molecule has 0 bridgehead atoms. The highest BCUT2D eigenvalue weighted by Gasteiger charge is 2.16.